The highest BCUT2D eigenvalue weighted by atomic mass is 16.2. The van der Waals surface area contributed by atoms with Gasteiger partial charge in [-0.2, -0.15) is 0 Å². The fourth-order valence-electron chi connectivity index (χ4n) is 2.80. The van der Waals surface area contributed by atoms with E-state index in [1.54, 1.807) is 7.05 Å². The molecule has 1 aromatic heterocycles. The van der Waals surface area contributed by atoms with E-state index in [0.717, 1.165) is 23.0 Å². The van der Waals surface area contributed by atoms with E-state index >= 15 is 0 Å². The standard InChI is InChI=1S/C20H27N3O2/c1-6-14-7-8-17-15(12-14)16(11-13(2)22-17)19(25)23-20(3,4)10-9-18(24)21-5/h7-8,11-12H,6,9-10H2,1-5H3,(H,21,24)(H,23,25). The van der Waals surface area contributed by atoms with Crippen LogP contribution in [-0.4, -0.2) is 29.4 Å². The van der Waals surface area contributed by atoms with Crippen molar-refractivity contribution in [2.45, 2.75) is 52.5 Å². The molecule has 0 aliphatic heterocycles. The maximum Gasteiger partial charge on any atom is 0.252 e. The summed E-state index contributed by atoms with van der Waals surface area (Å²) in [7, 11) is 1.62. The molecule has 0 spiro atoms. The third-order valence-electron chi connectivity index (χ3n) is 4.36. The van der Waals surface area contributed by atoms with E-state index in [4.69, 9.17) is 0 Å². The Kier molecular flexibility index (Phi) is 5.77. The SMILES string of the molecule is CCc1ccc2nc(C)cc(C(=O)NC(C)(C)CCC(=O)NC)c2c1. The van der Waals surface area contributed by atoms with Gasteiger partial charge in [-0.05, 0) is 57.4 Å². The monoisotopic (exact) mass is 341 g/mol. The second-order valence-corrected chi connectivity index (χ2v) is 7.03. The Hall–Kier alpha value is -2.43. The predicted molar refractivity (Wildman–Crippen MR) is 101 cm³/mol. The molecule has 0 aliphatic rings. The normalized spacial score (nSPS) is 11.4. The largest absolute Gasteiger partial charge is 0.359 e. The van der Waals surface area contributed by atoms with Crippen LogP contribution in [0.1, 0.15) is 55.2 Å². The highest BCUT2D eigenvalue weighted by Gasteiger charge is 2.23. The molecule has 2 aromatic rings. The highest BCUT2D eigenvalue weighted by molar-refractivity contribution is 6.06. The molecule has 2 rings (SSSR count). The average Bonchev–Trinajstić information content (AvgIpc) is 2.58. The van der Waals surface area contributed by atoms with Gasteiger partial charge in [0.05, 0.1) is 11.1 Å². The molecule has 0 unspecified atom stereocenters. The van der Waals surface area contributed by atoms with Gasteiger partial charge in [0.15, 0.2) is 0 Å². The molecule has 25 heavy (non-hydrogen) atoms. The van der Waals surface area contributed by atoms with E-state index in [2.05, 4.69) is 22.5 Å². The quantitative estimate of drug-likeness (QED) is 0.848. The lowest BCUT2D eigenvalue weighted by atomic mass is 9.96. The summed E-state index contributed by atoms with van der Waals surface area (Å²) in [6.45, 7) is 7.84. The topological polar surface area (TPSA) is 71.1 Å². The number of pyridine rings is 1. The first-order valence-corrected chi connectivity index (χ1v) is 8.69. The van der Waals surface area contributed by atoms with Crippen molar-refractivity contribution in [1.82, 2.24) is 15.6 Å². The number of nitrogens with zero attached hydrogens (tertiary/aromatic N) is 1. The molecule has 0 bridgehead atoms. The number of carbonyl (C=O) groups excluding carboxylic acids is 2. The van der Waals surface area contributed by atoms with E-state index in [9.17, 15) is 9.59 Å². The van der Waals surface area contributed by atoms with Crippen molar-refractivity contribution in [3.63, 3.8) is 0 Å². The third-order valence-corrected chi connectivity index (χ3v) is 4.36. The number of hydrogen-bond acceptors (Lipinski definition) is 3. The van der Waals surface area contributed by atoms with Crippen LogP contribution in [0.3, 0.4) is 0 Å². The zero-order valence-corrected chi connectivity index (χ0v) is 15.7. The number of fused-ring (bicyclic) bond motifs is 1. The number of aryl methyl sites for hydroxylation is 2. The molecule has 2 N–H and O–H groups in total. The Morgan fingerprint density at radius 2 is 1.92 bits per heavy atom. The van der Waals surface area contributed by atoms with Gasteiger partial charge >= 0.3 is 0 Å². The van der Waals surface area contributed by atoms with Gasteiger partial charge < -0.3 is 10.6 Å². The molecule has 0 radical (unpaired) electrons. The van der Waals surface area contributed by atoms with Gasteiger partial charge in [0, 0.05) is 30.1 Å². The van der Waals surface area contributed by atoms with Crippen LogP contribution >= 0.6 is 0 Å². The van der Waals surface area contributed by atoms with Crippen LogP contribution in [-0.2, 0) is 11.2 Å². The predicted octanol–water partition coefficient (Wildman–Crippen LogP) is 3.14. The maximum absolute atomic E-state index is 12.9. The molecular weight excluding hydrogens is 314 g/mol. The van der Waals surface area contributed by atoms with Crippen molar-refractivity contribution in [1.29, 1.82) is 0 Å². The second kappa shape index (κ2) is 7.64. The number of benzene rings is 1. The Bertz CT molecular complexity index is 797. The summed E-state index contributed by atoms with van der Waals surface area (Å²) >= 11 is 0. The van der Waals surface area contributed by atoms with E-state index in [1.165, 1.54) is 5.56 Å². The molecule has 2 amide bonds. The summed E-state index contributed by atoms with van der Waals surface area (Å²) in [6, 6.07) is 7.87. The van der Waals surface area contributed by atoms with Crippen LogP contribution in [0, 0.1) is 6.92 Å². The smallest absolute Gasteiger partial charge is 0.252 e. The fourth-order valence-corrected chi connectivity index (χ4v) is 2.80. The van der Waals surface area contributed by atoms with Crippen LogP contribution in [0.4, 0.5) is 0 Å². The minimum Gasteiger partial charge on any atom is -0.359 e. The van der Waals surface area contributed by atoms with Crippen molar-refractivity contribution >= 4 is 22.7 Å². The van der Waals surface area contributed by atoms with Gasteiger partial charge in [-0.25, -0.2) is 0 Å². The Labute approximate surface area is 149 Å². The van der Waals surface area contributed by atoms with Crippen molar-refractivity contribution in [3.8, 4) is 0 Å². The molecule has 0 saturated heterocycles. The van der Waals surface area contributed by atoms with Crippen LogP contribution in [0.5, 0.6) is 0 Å². The molecular formula is C20H27N3O2. The van der Waals surface area contributed by atoms with E-state index < -0.39 is 5.54 Å². The van der Waals surface area contributed by atoms with Gasteiger partial charge in [0.25, 0.3) is 5.91 Å². The van der Waals surface area contributed by atoms with Crippen LogP contribution < -0.4 is 10.6 Å². The molecule has 0 aliphatic carbocycles. The van der Waals surface area contributed by atoms with Crippen LogP contribution in [0.15, 0.2) is 24.3 Å². The summed E-state index contributed by atoms with van der Waals surface area (Å²) < 4.78 is 0. The Balaban J connectivity index is 2.30. The summed E-state index contributed by atoms with van der Waals surface area (Å²) in [5, 5.41) is 6.53. The average molecular weight is 341 g/mol. The fraction of sp³-hybridized carbons (Fsp3) is 0.450. The first kappa shape index (κ1) is 18.9. The van der Waals surface area contributed by atoms with Gasteiger partial charge in [-0.1, -0.05) is 13.0 Å². The third kappa shape index (κ3) is 4.78. The number of amides is 2. The lowest BCUT2D eigenvalue weighted by molar-refractivity contribution is -0.121. The van der Waals surface area contributed by atoms with Crippen LogP contribution in [0.25, 0.3) is 10.9 Å². The number of nitrogens with one attached hydrogen (secondary N) is 2. The lowest BCUT2D eigenvalue weighted by Gasteiger charge is -2.26. The second-order valence-electron chi connectivity index (χ2n) is 7.03. The minimum atomic E-state index is -0.477. The first-order chi connectivity index (χ1) is 11.8. The summed E-state index contributed by atoms with van der Waals surface area (Å²) in [5.74, 6) is -0.161. The molecule has 5 heteroatoms. The molecule has 0 saturated carbocycles. The Morgan fingerprint density at radius 1 is 1.20 bits per heavy atom. The van der Waals surface area contributed by atoms with Crippen molar-refractivity contribution in [3.05, 3.63) is 41.1 Å². The minimum absolute atomic E-state index is 0.0277. The first-order valence-electron chi connectivity index (χ1n) is 8.69. The Morgan fingerprint density at radius 3 is 2.56 bits per heavy atom. The van der Waals surface area contributed by atoms with Gasteiger partial charge in [-0.3, -0.25) is 14.6 Å². The zero-order chi connectivity index (χ0) is 18.6. The van der Waals surface area contributed by atoms with Crippen molar-refractivity contribution < 1.29 is 9.59 Å². The highest BCUT2D eigenvalue weighted by Crippen LogP contribution is 2.22. The molecule has 5 nitrogen and oxygen atoms in total. The lowest BCUT2D eigenvalue weighted by Crippen LogP contribution is -2.44. The molecule has 134 valence electrons. The molecule has 1 heterocycles. The van der Waals surface area contributed by atoms with E-state index in [-0.39, 0.29) is 11.8 Å². The van der Waals surface area contributed by atoms with Gasteiger partial charge in [0.2, 0.25) is 5.91 Å². The number of rotatable bonds is 6. The van der Waals surface area contributed by atoms with E-state index in [1.807, 2.05) is 45.0 Å². The molecule has 0 atom stereocenters. The summed E-state index contributed by atoms with van der Waals surface area (Å²) in [5.41, 5.74) is 2.96. The maximum atomic E-state index is 12.9. The number of aromatic nitrogens is 1. The van der Waals surface area contributed by atoms with E-state index in [0.29, 0.717) is 18.4 Å². The summed E-state index contributed by atoms with van der Waals surface area (Å²) in [6.07, 6.45) is 1.85. The van der Waals surface area contributed by atoms with Crippen molar-refractivity contribution in [2.24, 2.45) is 0 Å². The molecule has 1 aromatic carbocycles. The summed E-state index contributed by atoms with van der Waals surface area (Å²) in [4.78, 5) is 28.9. The number of carbonyl (C=O) groups is 2. The van der Waals surface area contributed by atoms with Crippen molar-refractivity contribution in [2.75, 3.05) is 7.05 Å². The van der Waals surface area contributed by atoms with Gasteiger partial charge in [-0.15, -0.1) is 0 Å². The molecule has 0 fully saturated rings. The number of hydrogen-bond donors (Lipinski definition) is 2. The van der Waals surface area contributed by atoms with Gasteiger partial charge in [0.1, 0.15) is 0 Å². The van der Waals surface area contributed by atoms with Crippen LogP contribution in [0.2, 0.25) is 0 Å². The zero-order valence-electron chi connectivity index (χ0n) is 15.7.